The zero-order chi connectivity index (χ0) is 11.7. The molecule has 1 aromatic carbocycles. The molecule has 16 heavy (non-hydrogen) atoms. The number of carbonyl (C=O) groups excluding carboxylic acids is 2. The van der Waals surface area contributed by atoms with E-state index in [1.807, 2.05) is 0 Å². The summed E-state index contributed by atoms with van der Waals surface area (Å²) in [6, 6.07) is 5.01. The van der Waals surface area contributed by atoms with E-state index in [0.29, 0.717) is 22.9 Å². The van der Waals surface area contributed by atoms with Gasteiger partial charge in [-0.3, -0.25) is 14.5 Å². The molecule has 5 heteroatoms. The molecule has 2 amide bonds. The molecule has 1 heterocycles. The van der Waals surface area contributed by atoms with E-state index in [1.165, 1.54) is 4.90 Å². The van der Waals surface area contributed by atoms with Crippen molar-refractivity contribution in [1.29, 1.82) is 0 Å². The molecular formula is C11H9Cl2NO2. The van der Waals surface area contributed by atoms with Crippen LogP contribution in [-0.4, -0.2) is 16.7 Å². The predicted molar refractivity (Wildman–Crippen MR) is 61.3 cm³/mol. The SMILES string of the molecule is O=C1CCC(=O)N1Cc1ccc(Cl)cc1Cl. The molecule has 1 aliphatic heterocycles. The van der Waals surface area contributed by atoms with Gasteiger partial charge in [-0.1, -0.05) is 29.3 Å². The van der Waals surface area contributed by atoms with Gasteiger partial charge in [-0.25, -0.2) is 0 Å². The van der Waals surface area contributed by atoms with Gasteiger partial charge >= 0.3 is 0 Å². The number of rotatable bonds is 2. The van der Waals surface area contributed by atoms with Crippen molar-refractivity contribution in [3.05, 3.63) is 33.8 Å². The van der Waals surface area contributed by atoms with Gasteiger partial charge in [-0.15, -0.1) is 0 Å². The van der Waals surface area contributed by atoms with Crippen LogP contribution in [0.4, 0.5) is 0 Å². The minimum Gasteiger partial charge on any atom is -0.278 e. The first-order valence-corrected chi connectivity index (χ1v) is 5.60. The lowest BCUT2D eigenvalue weighted by Gasteiger charge is -2.14. The van der Waals surface area contributed by atoms with E-state index in [9.17, 15) is 9.59 Å². The molecule has 84 valence electrons. The Kier molecular flexibility index (Phi) is 3.17. The second-order valence-electron chi connectivity index (χ2n) is 3.61. The maximum atomic E-state index is 11.4. The number of carbonyl (C=O) groups is 2. The summed E-state index contributed by atoms with van der Waals surface area (Å²) in [7, 11) is 0. The van der Waals surface area contributed by atoms with E-state index in [-0.39, 0.29) is 18.4 Å². The lowest BCUT2D eigenvalue weighted by molar-refractivity contribution is -0.139. The molecule has 0 atom stereocenters. The molecule has 0 radical (unpaired) electrons. The first-order valence-electron chi connectivity index (χ1n) is 4.85. The number of nitrogens with zero attached hydrogens (tertiary/aromatic N) is 1. The molecule has 0 unspecified atom stereocenters. The largest absolute Gasteiger partial charge is 0.278 e. The third-order valence-electron chi connectivity index (χ3n) is 2.50. The highest BCUT2D eigenvalue weighted by molar-refractivity contribution is 6.35. The summed E-state index contributed by atoms with van der Waals surface area (Å²) in [4.78, 5) is 24.0. The molecule has 0 aliphatic carbocycles. The van der Waals surface area contributed by atoms with Gasteiger partial charge in [-0.05, 0) is 17.7 Å². The fourth-order valence-electron chi connectivity index (χ4n) is 1.62. The van der Waals surface area contributed by atoms with Gasteiger partial charge in [0.25, 0.3) is 0 Å². The second kappa shape index (κ2) is 4.44. The topological polar surface area (TPSA) is 37.4 Å². The Labute approximate surface area is 103 Å². The lowest BCUT2D eigenvalue weighted by atomic mass is 10.2. The van der Waals surface area contributed by atoms with Crippen LogP contribution in [0.15, 0.2) is 18.2 Å². The molecule has 1 saturated heterocycles. The van der Waals surface area contributed by atoms with Crippen LogP contribution < -0.4 is 0 Å². The molecule has 0 spiro atoms. The van der Waals surface area contributed by atoms with Crippen molar-refractivity contribution < 1.29 is 9.59 Å². The molecule has 1 fully saturated rings. The zero-order valence-corrected chi connectivity index (χ0v) is 9.88. The number of hydrogen-bond acceptors (Lipinski definition) is 2. The first-order chi connectivity index (χ1) is 7.58. The van der Waals surface area contributed by atoms with Crippen molar-refractivity contribution in [2.75, 3.05) is 0 Å². The molecule has 0 bridgehead atoms. The van der Waals surface area contributed by atoms with Crippen LogP contribution >= 0.6 is 23.2 Å². The van der Waals surface area contributed by atoms with Crippen molar-refractivity contribution >= 4 is 35.0 Å². The maximum Gasteiger partial charge on any atom is 0.229 e. The Bertz CT molecular complexity index is 443. The number of benzene rings is 1. The standard InChI is InChI=1S/C11H9Cl2NO2/c12-8-2-1-7(9(13)5-8)6-14-10(15)3-4-11(14)16/h1-2,5H,3-4,6H2. The smallest absolute Gasteiger partial charge is 0.229 e. The van der Waals surface area contributed by atoms with Gasteiger partial charge in [0.15, 0.2) is 0 Å². The summed E-state index contributed by atoms with van der Waals surface area (Å²) in [5.74, 6) is -0.285. The molecular weight excluding hydrogens is 249 g/mol. The predicted octanol–water partition coefficient (Wildman–Crippen LogP) is 2.64. The fraction of sp³-hybridized carbons (Fsp3) is 0.273. The van der Waals surface area contributed by atoms with E-state index in [4.69, 9.17) is 23.2 Å². The van der Waals surface area contributed by atoms with Crippen LogP contribution in [0, 0.1) is 0 Å². The van der Waals surface area contributed by atoms with Gasteiger partial charge in [0, 0.05) is 22.9 Å². The summed E-state index contributed by atoms with van der Waals surface area (Å²) in [5.41, 5.74) is 0.731. The molecule has 0 aromatic heterocycles. The van der Waals surface area contributed by atoms with Crippen LogP contribution in [0.1, 0.15) is 18.4 Å². The Morgan fingerprint density at radius 2 is 1.75 bits per heavy atom. The Morgan fingerprint density at radius 1 is 1.12 bits per heavy atom. The van der Waals surface area contributed by atoms with E-state index < -0.39 is 0 Å². The van der Waals surface area contributed by atoms with Crippen LogP contribution in [0.5, 0.6) is 0 Å². The number of likely N-dealkylation sites (tertiary alicyclic amines) is 1. The van der Waals surface area contributed by atoms with Gasteiger partial charge in [0.1, 0.15) is 0 Å². The zero-order valence-electron chi connectivity index (χ0n) is 8.37. The third-order valence-corrected chi connectivity index (χ3v) is 3.09. The molecule has 0 saturated carbocycles. The highest BCUT2D eigenvalue weighted by Crippen LogP contribution is 2.24. The summed E-state index contributed by atoms with van der Waals surface area (Å²) >= 11 is 11.7. The number of imide groups is 1. The average molecular weight is 258 g/mol. The Balaban J connectivity index is 2.20. The first kappa shape index (κ1) is 11.4. The summed E-state index contributed by atoms with van der Waals surface area (Å²) in [6.07, 6.45) is 0.591. The second-order valence-corrected chi connectivity index (χ2v) is 4.45. The van der Waals surface area contributed by atoms with E-state index in [2.05, 4.69) is 0 Å². The molecule has 2 rings (SSSR count). The average Bonchev–Trinajstić information content (AvgIpc) is 2.53. The molecule has 1 aromatic rings. The summed E-state index contributed by atoms with van der Waals surface area (Å²) in [5, 5.41) is 1.01. The van der Waals surface area contributed by atoms with Gasteiger partial charge in [0.05, 0.1) is 6.54 Å². The lowest BCUT2D eigenvalue weighted by Crippen LogP contribution is -2.28. The van der Waals surface area contributed by atoms with Crippen molar-refractivity contribution in [3.63, 3.8) is 0 Å². The van der Waals surface area contributed by atoms with Crippen LogP contribution in [0.3, 0.4) is 0 Å². The summed E-state index contributed by atoms with van der Waals surface area (Å²) in [6.45, 7) is 0.230. The Morgan fingerprint density at radius 3 is 2.31 bits per heavy atom. The fourth-order valence-corrected chi connectivity index (χ4v) is 2.09. The van der Waals surface area contributed by atoms with Crippen molar-refractivity contribution in [2.45, 2.75) is 19.4 Å². The van der Waals surface area contributed by atoms with Crippen LogP contribution in [0.2, 0.25) is 10.0 Å². The van der Waals surface area contributed by atoms with Crippen molar-refractivity contribution in [2.24, 2.45) is 0 Å². The monoisotopic (exact) mass is 257 g/mol. The van der Waals surface area contributed by atoms with Gasteiger partial charge in [0.2, 0.25) is 11.8 Å². The number of amides is 2. The van der Waals surface area contributed by atoms with Gasteiger partial charge in [-0.2, -0.15) is 0 Å². The van der Waals surface area contributed by atoms with Crippen molar-refractivity contribution in [3.8, 4) is 0 Å². The maximum absolute atomic E-state index is 11.4. The minimum absolute atomic E-state index is 0.143. The van der Waals surface area contributed by atoms with Crippen molar-refractivity contribution in [1.82, 2.24) is 4.90 Å². The van der Waals surface area contributed by atoms with Crippen LogP contribution in [0.25, 0.3) is 0 Å². The normalized spacial score (nSPS) is 16.0. The van der Waals surface area contributed by atoms with Crippen LogP contribution in [-0.2, 0) is 16.1 Å². The number of halogens is 2. The highest BCUT2D eigenvalue weighted by Gasteiger charge is 2.29. The quantitative estimate of drug-likeness (QED) is 0.764. The van der Waals surface area contributed by atoms with E-state index >= 15 is 0 Å². The third kappa shape index (κ3) is 2.20. The molecule has 0 N–H and O–H groups in total. The highest BCUT2D eigenvalue weighted by atomic mass is 35.5. The van der Waals surface area contributed by atoms with E-state index in [0.717, 1.165) is 5.56 Å². The molecule has 1 aliphatic rings. The Hall–Kier alpha value is -1.06. The number of hydrogen-bond donors (Lipinski definition) is 0. The van der Waals surface area contributed by atoms with Gasteiger partial charge < -0.3 is 0 Å². The minimum atomic E-state index is -0.143. The summed E-state index contributed by atoms with van der Waals surface area (Å²) < 4.78 is 0. The molecule has 3 nitrogen and oxygen atoms in total. The van der Waals surface area contributed by atoms with E-state index in [1.54, 1.807) is 18.2 Å².